The molecule has 0 aromatic rings. The number of Topliss-reactive ketones (excluding diaryl/α,β-unsaturated/α-hetero) is 1. The van der Waals surface area contributed by atoms with E-state index in [9.17, 15) is 9.59 Å². The third kappa shape index (κ3) is 7.34. The number of hydrogen-bond acceptors (Lipinski definition) is 5. The highest BCUT2D eigenvalue weighted by Crippen LogP contribution is 2.07. The molecular formula is C12H23N3O2S. The Kier molecular flexibility index (Phi) is 8.49. The summed E-state index contributed by atoms with van der Waals surface area (Å²) in [7, 11) is 0. The van der Waals surface area contributed by atoms with Crippen molar-refractivity contribution in [2.24, 2.45) is 11.5 Å². The Labute approximate surface area is 113 Å². The van der Waals surface area contributed by atoms with Gasteiger partial charge < -0.3 is 16.8 Å². The molecule has 1 amide bonds. The SMILES string of the molecule is C=C(N[C@@H](CCC(N)=O)C(C)=O)[C@@H](N)CCSC. The van der Waals surface area contributed by atoms with Gasteiger partial charge in [-0.2, -0.15) is 11.8 Å². The van der Waals surface area contributed by atoms with Gasteiger partial charge in [0, 0.05) is 18.2 Å². The molecule has 0 saturated carbocycles. The molecule has 0 aliphatic rings. The maximum Gasteiger partial charge on any atom is 0.217 e. The molecule has 0 saturated heterocycles. The van der Waals surface area contributed by atoms with E-state index in [2.05, 4.69) is 11.9 Å². The first-order valence-electron chi connectivity index (χ1n) is 5.87. The lowest BCUT2D eigenvalue weighted by Crippen LogP contribution is -2.41. The topological polar surface area (TPSA) is 98.2 Å². The van der Waals surface area contributed by atoms with Gasteiger partial charge in [-0.3, -0.25) is 9.59 Å². The van der Waals surface area contributed by atoms with E-state index >= 15 is 0 Å². The summed E-state index contributed by atoms with van der Waals surface area (Å²) < 4.78 is 0. The number of ketones is 1. The lowest BCUT2D eigenvalue weighted by molar-refractivity contribution is -0.120. The first-order valence-corrected chi connectivity index (χ1v) is 7.26. The zero-order valence-corrected chi connectivity index (χ0v) is 11.9. The Morgan fingerprint density at radius 2 is 2.00 bits per heavy atom. The van der Waals surface area contributed by atoms with Crippen molar-refractivity contribution in [1.29, 1.82) is 0 Å². The summed E-state index contributed by atoms with van der Waals surface area (Å²) in [4.78, 5) is 22.1. The van der Waals surface area contributed by atoms with Crippen LogP contribution in [0.5, 0.6) is 0 Å². The summed E-state index contributed by atoms with van der Waals surface area (Å²) >= 11 is 1.71. The molecule has 2 atom stereocenters. The Morgan fingerprint density at radius 1 is 1.39 bits per heavy atom. The normalized spacial score (nSPS) is 13.7. The number of thioether (sulfide) groups is 1. The van der Waals surface area contributed by atoms with Crippen molar-refractivity contribution in [2.75, 3.05) is 12.0 Å². The highest BCUT2D eigenvalue weighted by Gasteiger charge is 2.17. The summed E-state index contributed by atoms with van der Waals surface area (Å²) in [6.07, 6.45) is 3.35. The highest BCUT2D eigenvalue weighted by atomic mass is 32.2. The third-order valence-corrected chi connectivity index (χ3v) is 3.25. The molecule has 0 radical (unpaired) electrons. The number of nitrogens with two attached hydrogens (primary N) is 2. The summed E-state index contributed by atoms with van der Waals surface area (Å²) in [5.74, 6) is 0.475. The number of rotatable bonds is 10. The van der Waals surface area contributed by atoms with Crippen LogP contribution in [-0.2, 0) is 9.59 Å². The number of nitrogens with one attached hydrogen (secondary N) is 1. The van der Waals surface area contributed by atoms with Crippen molar-refractivity contribution in [3.8, 4) is 0 Å². The van der Waals surface area contributed by atoms with Gasteiger partial charge in [0.25, 0.3) is 0 Å². The second-order valence-electron chi connectivity index (χ2n) is 4.23. The molecule has 5 nitrogen and oxygen atoms in total. The zero-order valence-electron chi connectivity index (χ0n) is 11.1. The van der Waals surface area contributed by atoms with E-state index in [-0.39, 0.29) is 18.2 Å². The van der Waals surface area contributed by atoms with E-state index in [0.717, 1.165) is 12.2 Å². The molecule has 5 N–H and O–H groups in total. The van der Waals surface area contributed by atoms with Gasteiger partial charge in [0.2, 0.25) is 5.91 Å². The van der Waals surface area contributed by atoms with Crippen LogP contribution in [0.25, 0.3) is 0 Å². The number of carbonyl (C=O) groups excluding carboxylic acids is 2. The van der Waals surface area contributed by atoms with E-state index in [1.54, 1.807) is 11.8 Å². The molecule has 0 rings (SSSR count). The minimum absolute atomic E-state index is 0.0468. The molecule has 0 aliphatic carbocycles. The molecule has 18 heavy (non-hydrogen) atoms. The molecule has 0 bridgehead atoms. The summed E-state index contributed by atoms with van der Waals surface area (Å²) in [6.45, 7) is 5.31. The van der Waals surface area contributed by atoms with E-state index < -0.39 is 11.9 Å². The maximum atomic E-state index is 11.4. The smallest absolute Gasteiger partial charge is 0.217 e. The third-order valence-electron chi connectivity index (χ3n) is 2.61. The van der Waals surface area contributed by atoms with Crippen LogP contribution >= 0.6 is 11.8 Å². The Hall–Kier alpha value is -1.01. The predicted octanol–water partition coefficient (Wildman–Crippen LogP) is 0.393. The largest absolute Gasteiger partial charge is 0.378 e. The van der Waals surface area contributed by atoms with Crippen LogP contribution in [0.1, 0.15) is 26.2 Å². The number of primary amides is 1. The minimum Gasteiger partial charge on any atom is -0.378 e. The monoisotopic (exact) mass is 273 g/mol. The second-order valence-corrected chi connectivity index (χ2v) is 5.21. The Bertz CT molecular complexity index is 308. The summed E-state index contributed by atoms with van der Waals surface area (Å²) in [6, 6.07) is -0.627. The molecule has 0 aromatic heterocycles. The van der Waals surface area contributed by atoms with Crippen LogP contribution in [0.15, 0.2) is 12.3 Å². The standard InChI is InChI=1S/C12H23N3O2S/c1-8(10(13)6-7-18-3)15-11(9(2)16)4-5-12(14)17/h10-11,15H,1,4-7,13H2,2-3H3,(H2,14,17)/t10-,11-/m0/s1. The molecule has 6 heteroatoms. The van der Waals surface area contributed by atoms with Gasteiger partial charge in [-0.15, -0.1) is 0 Å². The fraction of sp³-hybridized carbons (Fsp3) is 0.667. The molecule has 0 fully saturated rings. The van der Waals surface area contributed by atoms with Crippen LogP contribution < -0.4 is 16.8 Å². The highest BCUT2D eigenvalue weighted by molar-refractivity contribution is 7.98. The van der Waals surface area contributed by atoms with E-state index in [4.69, 9.17) is 11.5 Å². The van der Waals surface area contributed by atoms with Crippen molar-refractivity contribution >= 4 is 23.5 Å². The van der Waals surface area contributed by atoms with Crippen molar-refractivity contribution in [3.05, 3.63) is 12.3 Å². The van der Waals surface area contributed by atoms with Crippen molar-refractivity contribution < 1.29 is 9.59 Å². The molecule has 0 spiro atoms. The molecule has 0 aliphatic heterocycles. The molecule has 0 heterocycles. The number of hydrogen-bond donors (Lipinski definition) is 3. The average Bonchev–Trinajstić information content (AvgIpc) is 2.30. The van der Waals surface area contributed by atoms with Gasteiger partial charge in [0.1, 0.15) is 0 Å². The average molecular weight is 273 g/mol. The minimum atomic E-state index is -0.440. The van der Waals surface area contributed by atoms with Crippen LogP contribution in [0.4, 0.5) is 0 Å². The zero-order chi connectivity index (χ0) is 14.1. The van der Waals surface area contributed by atoms with Crippen molar-refractivity contribution in [1.82, 2.24) is 5.32 Å². The Balaban J connectivity index is 4.26. The van der Waals surface area contributed by atoms with Gasteiger partial charge in [-0.05, 0) is 31.8 Å². The molecular weight excluding hydrogens is 250 g/mol. The van der Waals surface area contributed by atoms with Gasteiger partial charge in [-0.25, -0.2) is 0 Å². The summed E-state index contributed by atoms with van der Waals surface area (Å²) in [5, 5.41) is 2.99. The fourth-order valence-electron chi connectivity index (χ4n) is 1.41. The lowest BCUT2D eigenvalue weighted by Gasteiger charge is -2.22. The van der Waals surface area contributed by atoms with Gasteiger partial charge in [-0.1, -0.05) is 6.58 Å². The van der Waals surface area contributed by atoms with E-state index in [1.165, 1.54) is 6.92 Å². The molecule has 0 aromatic carbocycles. The van der Waals surface area contributed by atoms with Crippen LogP contribution in [-0.4, -0.2) is 35.8 Å². The van der Waals surface area contributed by atoms with Crippen LogP contribution in [0, 0.1) is 0 Å². The Morgan fingerprint density at radius 3 is 2.44 bits per heavy atom. The van der Waals surface area contributed by atoms with Crippen molar-refractivity contribution in [2.45, 2.75) is 38.3 Å². The van der Waals surface area contributed by atoms with E-state index in [1.807, 2.05) is 6.26 Å². The fourth-order valence-corrected chi connectivity index (χ4v) is 1.90. The lowest BCUT2D eigenvalue weighted by atomic mass is 10.1. The van der Waals surface area contributed by atoms with Gasteiger partial charge >= 0.3 is 0 Å². The molecule has 104 valence electrons. The number of amides is 1. The quantitative estimate of drug-likeness (QED) is 0.535. The van der Waals surface area contributed by atoms with Gasteiger partial charge in [0.15, 0.2) is 5.78 Å². The molecule has 0 unspecified atom stereocenters. The first kappa shape index (κ1) is 17.0. The number of carbonyl (C=O) groups is 2. The predicted molar refractivity (Wildman–Crippen MR) is 76.1 cm³/mol. The second kappa shape index (κ2) is 8.99. The van der Waals surface area contributed by atoms with Crippen LogP contribution in [0.2, 0.25) is 0 Å². The first-order chi connectivity index (χ1) is 8.38. The van der Waals surface area contributed by atoms with Gasteiger partial charge in [0.05, 0.1) is 6.04 Å². The maximum absolute atomic E-state index is 11.4. The van der Waals surface area contributed by atoms with E-state index in [0.29, 0.717) is 12.1 Å². The van der Waals surface area contributed by atoms with Crippen molar-refractivity contribution in [3.63, 3.8) is 0 Å². The van der Waals surface area contributed by atoms with Crippen LogP contribution in [0.3, 0.4) is 0 Å². The summed E-state index contributed by atoms with van der Waals surface area (Å²) in [5.41, 5.74) is 11.6.